The van der Waals surface area contributed by atoms with Crippen LogP contribution < -0.4 is 5.73 Å². The van der Waals surface area contributed by atoms with Crippen LogP contribution in [0.1, 0.15) is 17.2 Å². The Morgan fingerprint density at radius 1 is 1.67 bits per heavy atom. The lowest BCUT2D eigenvalue weighted by molar-refractivity contribution is -0.142. The summed E-state index contributed by atoms with van der Waals surface area (Å²) in [5.74, 6) is -0.799. The van der Waals surface area contributed by atoms with Gasteiger partial charge in [0.25, 0.3) is 0 Å². The van der Waals surface area contributed by atoms with E-state index >= 15 is 0 Å². The maximum absolute atomic E-state index is 11.1. The quantitative estimate of drug-likeness (QED) is 0.684. The van der Waals surface area contributed by atoms with Crippen LogP contribution in [0.2, 0.25) is 0 Å². The summed E-state index contributed by atoms with van der Waals surface area (Å²) in [4.78, 5) is 11.1. The number of carbonyl (C=O) groups is 1. The Morgan fingerprint density at radius 2 is 2.33 bits per heavy atom. The Morgan fingerprint density at radius 3 is 2.87 bits per heavy atom. The van der Waals surface area contributed by atoms with Crippen molar-refractivity contribution in [3.05, 3.63) is 29.3 Å². The van der Waals surface area contributed by atoms with Gasteiger partial charge in [-0.1, -0.05) is 0 Å². The van der Waals surface area contributed by atoms with Crippen molar-refractivity contribution < 1.29 is 14.6 Å². The molecule has 0 saturated heterocycles. The largest absolute Gasteiger partial charge is 0.508 e. The Balaban J connectivity index is 3.13. The topological polar surface area (TPSA) is 96.3 Å². The van der Waals surface area contributed by atoms with Crippen LogP contribution in [0.4, 0.5) is 0 Å². The summed E-state index contributed by atoms with van der Waals surface area (Å²) in [6.07, 6.45) is 0. The molecule has 0 aromatic heterocycles. The fraction of sp³-hybridized carbons (Fsp3) is 0.200. The molecule has 0 fully saturated rings. The minimum atomic E-state index is -1.08. The van der Waals surface area contributed by atoms with Crippen LogP contribution in [-0.4, -0.2) is 18.2 Å². The first-order valence-corrected chi connectivity index (χ1v) is 4.16. The molecule has 1 atom stereocenters. The molecule has 0 heterocycles. The smallest absolute Gasteiger partial charge is 0.327 e. The van der Waals surface area contributed by atoms with E-state index in [4.69, 9.17) is 11.0 Å². The van der Waals surface area contributed by atoms with Gasteiger partial charge >= 0.3 is 5.97 Å². The van der Waals surface area contributed by atoms with Crippen LogP contribution in [0.25, 0.3) is 0 Å². The average molecular weight is 206 g/mol. The molecule has 0 aliphatic rings. The van der Waals surface area contributed by atoms with E-state index in [1.54, 1.807) is 0 Å². The predicted octanol–water partition coefficient (Wildman–Crippen LogP) is 0.437. The standard InChI is InChI=1S/C10H10N2O3/c1-15-10(14)9(12)7-4-6(5-11)2-3-8(7)13/h2-4,9,13H,12H2,1H3/t9-/m0/s1. The molecular formula is C10H10N2O3. The van der Waals surface area contributed by atoms with Crippen LogP contribution in [0.3, 0.4) is 0 Å². The zero-order chi connectivity index (χ0) is 11.4. The molecule has 1 rings (SSSR count). The second kappa shape index (κ2) is 4.44. The Hall–Kier alpha value is -2.06. The zero-order valence-corrected chi connectivity index (χ0v) is 8.10. The first-order chi connectivity index (χ1) is 7.10. The molecule has 1 aromatic carbocycles. The summed E-state index contributed by atoms with van der Waals surface area (Å²) >= 11 is 0. The Bertz CT molecular complexity index is 423. The zero-order valence-electron chi connectivity index (χ0n) is 8.10. The summed E-state index contributed by atoms with van der Waals surface area (Å²) < 4.78 is 4.44. The molecule has 0 saturated carbocycles. The van der Waals surface area contributed by atoms with Gasteiger partial charge in [-0.3, -0.25) is 4.79 Å². The maximum Gasteiger partial charge on any atom is 0.327 e. The number of nitrogens with two attached hydrogens (primary N) is 1. The summed E-state index contributed by atoms with van der Waals surface area (Å²) in [6.45, 7) is 0. The van der Waals surface area contributed by atoms with Gasteiger partial charge < -0.3 is 15.6 Å². The molecule has 0 unspecified atom stereocenters. The van der Waals surface area contributed by atoms with Gasteiger partial charge in [0.2, 0.25) is 0 Å². The summed E-state index contributed by atoms with van der Waals surface area (Å²) in [7, 11) is 1.20. The maximum atomic E-state index is 11.1. The molecule has 78 valence electrons. The minimum absolute atomic E-state index is 0.132. The predicted molar refractivity (Wildman–Crippen MR) is 51.8 cm³/mol. The third-order valence-corrected chi connectivity index (χ3v) is 1.95. The Kier molecular flexibility index (Phi) is 3.26. The number of phenols is 1. The third-order valence-electron chi connectivity index (χ3n) is 1.95. The molecule has 15 heavy (non-hydrogen) atoms. The van der Waals surface area contributed by atoms with Crippen molar-refractivity contribution >= 4 is 5.97 Å². The van der Waals surface area contributed by atoms with Gasteiger partial charge in [0.1, 0.15) is 11.8 Å². The number of esters is 1. The molecule has 0 aliphatic carbocycles. The molecule has 0 aliphatic heterocycles. The molecule has 5 heteroatoms. The molecule has 1 aromatic rings. The van der Waals surface area contributed by atoms with Gasteiger partial charge in [-0.05, 0) is 18.2 Å². The summed E-state index contributed by atoms with van der Waals surface area (Å²) in [5, 5.41) is 18.1. The molecule has 0 bridgehead atoms. The Labute approximate surface area is 86.7 Å². The van der Waals surface area contributed by atoms with Crippen molar-refractivity contribution in [1.82, 2.24) is 0 Å². The number of phenolic OH excluding ortho intramolecular Hbond substituents is 1. The van der Waals surface area contributed by atoms with E-state index in [-0.39, 0.29) is 11.3 Å². The summed E-state index contributed by atoms with van der Waals surface area (Å²) in [6, 6.07) is 4.91. The minimum Gasteiger partial charge on any atom is -0.508 e. The highest BCUT2D eigenvalue weighted by molar-refractivity contribution is 5.78. The van der Waals surface area contributed by atoms with Gasteiger partial charge in [0.05, 0.1) is 18.7 Å². The number of hydrogen-bond donors (Lipinski definition) is 2. The highest BCUT2D eigenvalue weighted by Crippen LogP contribution is 2.24. The SMILES string of the molecule is COC(=O)[C@@H](N)c1cc(C#N)ccc1O. The molecule has 0 spiro atoms. The fourth-order valence-corrected chi connectivity index (χ4v) is 1.13. The number of methoxy groups -OCH3 is 1. The van der Waals surface area contributed by atoms with E-state index in [1.165, 1.54) is 25.3 Å². The van der Waals surface area contributed by atoms with E-state index in [0.717, 1.165) is 0 Å². The number of nitriles is 1. The van der Waals surface area contributed by atoms with Crippen molar-refractivity contribution in [2.75, 3.05) is 7.11 Å². The van der Waals surface area contributed by atoms with E-state index in [1.807, 2.05) is 6.07 Å². The van der Waals surface area contributed by atoms with Gasteiger partial charge in [0.15, 0.2) is 0 Å². The lowest BCUT2D eigenvalue weighted by Gasteiger charge is -2.11. The van der Waals surface area contributed by atoms with Crippen molar-refractivity contribution in [2.24, 2.45) is 5.73 Å². The van der Waals surface area contributed by atoms with Crippen molar-refractivity contribution in [3.63, 3.8) is 0 Å². The van der Waals surface area contributed by atoms with E-state index in [2.05, 4.69) is 4.74 Å². The first kappa shape index (κ1) is 11.0. The van der Waals surface area contributed by atoms with Crippen molar-refractivity contribution in [1.29, 1.82) is 5.26 Å². The number of ether oxygens (including phenoxy) is 1. The van der Waals surface area contributed by atoms with Crippen molar-refractivity contribution in [2.45, 2.75) is 6.04 Å². The lowest BCUT2D eigenvalue weighted by Crippen LogP contribution is -2.22. The highest BCUT2D eigenvalue weighted by Gasteiger charge is 2.19. The van der Waals surface area contributed by atoms with Crippen LogP contribution >= 0.6 is 0 Å². The number of rotatable bonds is 2. The average Bonchev–Trinajstić information content (AvgIpc) is 2.27. The number of nitrogens with zero attached hydrogens (tertiary/aromatic N) is 1. The molecule has 3 N–H and O–H groups in total. The molecule has 5 nitrogen and oxygen atoms in total. The van der Waals surface area contributed by atoms with Crippen LogP contribution in [0.15, 0.2) is 18.2 Å². The number of aromatic hydroxyl groups is 1. The number of hydrogen-bond acceptors (Lipinski definition) is 5. The molecule has 0 radical (unpaired) electrons. The van der Waals surface area contributed by atoms with Crippen LogP contribution in [-0.2, 0) is 9.53 Å². The fourth-order valence-electron chi connectivity index (χ4n) is 1.13. The van der Waals surface area contributed by atoms with E-state index < -0.39 is 12.0 Å². The normalized spacial score (nSPS) is 11.5. The second-order valence-electron chi connectivity index (χ2n) is 2.89. The molecule has 0 amide bonds. The van der Waals surface area contributed by atoms with Crippen LogP contribution in [0, 0.1) is 11.3 Å². The summed E-state index contributed by atoms with van der Waals surface area (Å²) in [5.41, 5.74) is 6.03. The van der Waals surface area contributed by atoms with Gasteiger partial charge in [-0.2, -0.15) is 5.26 Å². The lowest BCUT2D eigenvalue weighted by atomic mass is 10.0. The van der Waals surface area contributed by atoms with Crippen molar-refractivity contribution in [3.8, 4) is 11.8 Å². The van der Waals surface area contributed by atoms with Crippen LogP contribution in [0.5, 0.6) is 5.75 Å². The second-order valence-corrected chi connectivity index (χ2v) is 2.89. The van der Waals surface area contributed by atoms with Gasteiger partial charge in [-0.15, -0.1) is 0 Å². The van der Waals surface area contributed by atoms with E-state index in [0.29, 0.717) is 5.56 Å². The third kappa shape index (κ3) is 2.24. The highest BCUT2D eigenvalue weighted by atomic mass is 16.5. The first-order valence-electron chi connectivity index (χ1n) is 4.16. The van der Waals surface area contributed by atoms with Gasteiger partial charge in [0, 0.05) is 5.56 Å². The van der Waals surface area contributed by atoms with Gasteiger partial charge in [-0.25, -0.2) is 0 Å². The number of benzene rings is 1. The number of carbonyl (C=O) groups excluding carboxylic acids is 1. The molecular weight excluding hydrogens is 196 g/mol. The van der Waals surface area contributed by atoms with E-state index in [9.17, 15) is 9.90 Å². The monoisotopic (exact) mass is 206 g/mol.